The second-order valence-electron chi connectivity index (χ2n) is 7.36. The fraction of sp³-hybridized carbons (Fsp3) is 0.632. The molecule has 1 amide bonds. The van der Waals surface area contributed by atoms with Gasteiger partial charge in [0.05, 0.1) is 18.2 Å². The summed E-state index contributed by atoms with van der Waals surface area (Å²) in [7, 11) is 0. The average molecular weight is 334 g/mol. The van der Waals surface area contributed by atoms with Crippen molar-refractivity contribution < 1.29 is 13.9 Å². The quantitative estimate of drug-likeness (QED) is 0.837. The van der Waals surface area contributed by atoms with Crippen molar-refractivity contribution >= 4 is 5.91 Å². The third kappa shape index (κ3) is 4.07. The Morgan fingerprint density at radius 1 is 1.38 bits per heavy atom. The highest BCUT2D eigenvalue weighted by Gasteiger charge is 2.35. The largest absolute Gasteiger partial charge is 0.490 e. The van der Waals surface area contributed by atoms with Gasteiger partial charge in [-0.25, -0.2) is 4.39 Å². The molecule has 2 aliphatic carbocycles. The van der Waals surface area contributed by atoms with E-state index in [4.69, 9.17) is 10.5 Å². The van der Waals surface area contributed by atoms with Gasteiger partial charge < -0.3 is 15.8 Å². The van der Waals surface area contributed by atoms with Gasteiger partial charge in [0.15, 0.2) is 11.6 Å². The van der Waals surface area contributed by atoms with Gasteiger partial charge in [0, 0.05) is 0 Å². The molecule has 4 nitrogen and oxygen atoms in total. The number of nitrogens with one attached hydrogen (secondary N) is 1. The lowest BCUT2D eigenvalue weighted by molar-refractivity contribution is -0.128. The minimum absolute atomic E-state index is 0.135. The first kappa shape index (κ1) is 17.2. The molecule has 1 aromatic carbocycles. The Bertz CT molecular complexity index is 595. The van der Waals surface area contributed by atoms with Crippen molar-refractivity contribution in [3.63, 3.8) is 0 Å². The van der Waals surface area contributed by atoms with Gasteiger partial charge in [0.1, 0.15) is 0 Å². The van der Waals surface area contributed by atoms with Gasteiger partial charge in [0.2, 0.25) is 5.91 Å². The van der Waals surface area contributed by atoms with Crippen LogP contribution in [0.15, 0.2) is 18.2 Å². The monoisotopic (exact) mass is 334 g/mol. The van der Waals surface area contributed by atoms with Crippen LogP contribution in [0.4, 0.5) is 4.39 Å². The number of hydrogen-bond acceptors (Lipinski definition) is 3. The van der Waals surface area contributed by atoms with E-state index >= 15 is 0 Å². The van der Waals surface area contributed by atoms with Gasteiger partial charge in [0.25, 0.3) is 0 Å². The Labute approximate surface area is 142 Å². The Morgan fingerprint density at radius 3 is 2.71 bits per heavy atom. The van der Waals surface area contributed by atoms with E-state index in [0.717, 1.165) is 24.8 Å². The summed E-state index contributed by atoms with van der Waals surface area (Å²) < 4.78 is 19.7. The molecule has 2 fully saturated rings. The minimum Gasteiger partial charge on any atom is -0.490 e. The van der Waals surface area contributed by atoms with Gasteiger partial charge in [-0.05, 0) is 56.2 Å². The van der Waals surface area contributed by atoms with E-state index in [2.05, 4.69) is 5.32 Å². The fourth-order valence-corrected chi connectivity index (χ4v) is 3.23. The Kier molecular flexibility index (Phi) is 5.09. The molecule has 0 spiro atoms. The zero-order chi connectivity index (χ0) is 17.2. The van der Waals surface area contributed by atoms with Crippen molar-refractivity contribution in [3.05, 3.63) is 29.6 Å². The number of nitrogens with two attached hydrogens (primary N) is 1. The molecule has 2 saturated carbocycles. The topological polar surface area (TPSA) is 64.4 Å². The highest BCUT2D eigenvalue weighted by molar-refractivity contribution is 5.86. The first-order valence-corrected chi connectivity index (χ1v) is 9.00. The standard InChI is InChI=1S/C19H27FN2O2/c1-13(22-18(23)19(21)9-3-2-4-10-19)15-7-8-17(16(20)11-15)24-12-14-5-6-14/h7-8,11,13-14H,2-6,9-10,12,21H2,1H3,(H,22,23). The summed E-state index contributed by atoms with van der Waals surface area (Å²) in [5.74, 6) is 0.351. The molecule has 3 rings (SSSR count). The third-order valence-electron chi connectivity index (χ3n) is 5.17. The molecule has 2 aliphatic rings. The zero-order valence-corrected chi connectivity index (χ0v) is 14.3. The van der Waals surface area contributed by atoms with E-state index in [9.17, 15) is 9.18 Å². The SMILES string of the molecule is CC(NC(=O)C1(N)CCCCC1)c1ccc(OCC2CC2)c(F)c1. The molecule has 0 aliphatic heterocycles. The predicted octanol–water partition coefficient (Wildman–Crippen LogP) is 3.45. The lowest BCUT2D eigenvalue weighted by Gasteiger charge is -2.33. The van der Waals surface area contributed by atoms with Gasteiger partial charge in [-0.15, -0.1) is 0 Å². The van der Waals surface area contributed by atoms with Crippen molar-refractivity contribution in [2.45, 2.75) is 63.5 Å². The summed E-state index contributed by atoms with van der Waals surface area (Å²) in [6.07, 6.45) is 6.88. The second-order valence-corrected chi connectivity index (χ2v) is 7.36. The summed E-state index contributed by atoms with van der Waals surface area (Å²) in [4.78, 5) is 12.5. The predicted molar refractivity (Wildman–Crippen MR) is 91.2 cm³/mol. The highest BCUT2D eigenvalue weighted by Crippen LogP contribution is 2.31. The van der Waals surface area contributed by atoms with Gasteiger partial charge >= 0.3 is 0 Å². The van der Waals surface area contributed by atoms with Crippen LogP contribution in [0.2, 0.25) is 0 Å². The lowest BCUT2D eigenvalue weighted by atomic mass is 9.81. The highest BCUT2D eigenvalue weighted by atomic mass is 19.1. The molecule has 1 atom stereocenters. The number of hydrogen-bond donors (Lipinski definition) is 2. The van der Waals surface area contributed by atoms with Gasteiger partial charge in [-0.1, -0.05) is 25.3 Å². The van der Waals surface area contributed by atoms with Crippen molar-refractivity contribution in [1.29, 1.82) is 0 Å². The number of amides is 1. The minimum atomic E-state index is -0.779. The molecule has 1 unspecified atom stereocenters. The normalized spacial score (nSPS) is 21.1. The number of halogens is 1. The summed E-state index contributed by atoms with van der Waals surface area (Å²) in [6.45, 7) is 2.43. The molecule has 3 N–H and O–H groups in total. The maximum atomic E-state index is 14.2. The number of carbonyl (C=O) groups is 1. The molecule has 0 heterocycles. The molecule has 0 bridgehead atoms. The number of ether oxygens (including phenoxy) is 1. The average Bonchev–Trinajstić information content (AvgIpc) is 3.38. The van der Waals surface area contributed by atoms with E-state index in [0.29, 0.717) is 25.4 Å². The molecule has 24 heavy (non-hydrogen) atoms. The van der Waals surface area contributed by atoms with Crippen molar-refractivity contribution in [2.24, 2.45) is 11.7 Å². The van der Waals surface area contributed by atoms with Crippen LogP contribution in [0.25, 0.3) is 0 Å². The van der Waals surface area contributed by atoms with Crippen molar-refractivity contribution in [3.8, 4) is 5.75 Å². The van der Waals surface area contributed by atoms with Gasteiger partial charge in [-0.2, -0.15) is 0 Å². The molecule has 0 aromatic heterocycles. The Morgan fingerprint density at radius 2 is 2.08 bits per heavy atom. The number of rotatable bonds is 6. The zero-order valence-electron chi connectivity index (χ0n) is 14.3. The number of benzene rings is 1. The first-order valence-electron chi connectivity index (χ1n) is 9.00. The van der Waals surface area contributed by atoms with Crippen LogP contribution in [-0.4, -0.2) is 18.1 Å². The van der Waals surface area contributed by atoms with Crippen molar-refractivity contribution in [2.75, 3.05) is 6.61 Å². The van der Waals surface area contributed by atoms with E-state index in [1.807, 2.05) is 6.92 Å². The maximum Gasteiger partial charge on any atom is 0.240 e. The van der Waals surface area contributed by atoms with E-state index in [-0.39, 0.29) is 23.5 Å². The van der Waals surface area contributed by atoms with Crippen LogP contribution in [0, 0.1) is 11.7 Å². The number of carbonyl (C=O) groups excluding carboxylic acids is 1. The Hall–Kier alpha value is -1.62. The van der Waals surface area contributed by atoms with Crippen LogP contribution in [0.5, 0.6) is 5.75 Å². The van der Waals surface area contributed by atoms with Crippen LogP contribution >= 0.6 is 0 Å². The molecular formula is C19H27FN2O2. The van der Waals surface area contributed by atoms with Gasteiger partial charge in [-0.3, -0.25) is 4.79 Å². The van der Waals surface area contributed by atoms with Crippen LogP contribution in [0.1, 0.15) is 63.5 Å². The summed E-state index contributed by atoms with van der Waals surface area (Å²) in [5.41, 5.74) is 6.19. The fourth-order valence-electron chi connectivity index (χ4n) is 3.23. The maximum absolute atomic E-state index is 14.2. The molecule has 0 radical (unpaired) electrons. The van der Waals surface area contributed by atoms with E-state index in [1.165, 1.54) is 18.9 Å². The van der Waals surface area contributed by atoms with Crippen LogP contribution in [-0.2, 0) is 4.79 Å². The molecule has 132 valence electrons. The lowest BCUT2D eigenvalue weighted by Crippen LogP contribution is -2.55. The molecular weight excluding hydrogens is 307 g/mol. The van der Waals surface area contributed by atoms with Crippen LogP contribution in [0.3, 0.4) is 0 Å². The van der Waals surface area contributed by atoms with Crippen LogP contribution < -0.4 is 15.8 Å². The summed E-state index contributed by atoms with van der Waals surface area (Å²) in [5, 5.41) is 2.94. The van der Waals surface area contributed by atoms with E-state index < -0.39 is 5.54 Å². The Balaban J connectivity index is 1.60. The molecule has 5 heteroatoms. The summed E-state index contributed by atoms with van der Waals surface area (Å²) >= 11 is 0. The smallest absolute Gasteiger partial charge is 0.240 e. The second kappa shape index (κ2) is 7.09. The molecule has 1 aromatic rings. The molecule has 0 saturated heterocycles. The summed E-state index contributed by atoms with van der Waals surface area (Å²) in [6, 6.07) is 4.61. The van der Waals surface area contributed by atoms with Crippen molar-refractivity contribution in [1.82, 2.24) is 5.32 Å². The first-order chi connectivity index (χ1) is 11.5. The third-order valence-corrected chi connectivity index (χ3v) is 5.17. The van der Waals surface area contributed by atoms with E-state index in [1.54, 1.807) is 12.1 Å².